The van der Waals surface area contributed by atoms with E-state index in [0.717, 1.165) is 6.07 Å². The van der Waals surface area contributed by atoms with Crippen molar-refractivity contribution in [2.24, 2.45) is 0 Å². The van der Waals surface area contributed by atoms with Crippen LogP contribution in [0.15, 0.2) is 21.1 Å². The molecule has 0 aliphatic heterocycles. The van der Waals surface area contributed by atoms with E-state index in [1.807, 2.05) is 0 Å². The molecule has 0 spiro atoms. The van der Waals surface area contributed by atoms with Crippen LogP contribution in [0.5, 0.6) is 5.75 Å². The Morgan fingerprint density at radius 3 is 2.50 bits per heavy atom. The zero-order valence-corrected chi connectivity index (χ0v) is 8.79. The van der Waals surface area contributed by atoms with Gasteiger partial charge in [0, 0.05) is 4.47 Å². The lowest BCUT2D eigenvalue weighted by Gasteiger charge is -1.98. The molecule has 64 valence electrons. The average molecular weight is 297 g/mol. The van der Waals surface area contributed by atoms with E-state index in [0.29, 0.717) is 8.95 Å². The van der Waals surface area contributed by atoms with Gasteiger partial charge in [0.05, 0.1) is 11.0 Å². The molecule has 0 fully saturated rings. The van der Waals surface area contributed by atoms with Crippen molar-refractivity contribution in [3.8, 4) is 5.75 Å². The SMILES string of the molecule is O=[N+]([O-])c1cc(O)cc(Br)c1Br. The lowest BCUT2D eigenvalue weighted by molar-refractivity contribution is -0.385. The molecule has 0 aromatic heterocycles. The summed E-state index contributed by atoms with van der Waals surface area (Å²) < 4.78 is 0.777. The Morgan fingerprint density at radius 2 is 2.00 bits per heavy atom. The summed E-state index contributed by atoms with van der Waals surface area (Å²) in [4.78, 5) is 9.79. The number of benzene rings is 1. The zero-order chi connectivity index (χ0) is 9.30. The number of phenolic OH excluding ortho intramolecular Hbond substituents is 1. The normalized spacial score (nSPS) is 9.83. The third-order valence-corrected chi connectivity index (χ3v) is 3.18. The lowest BCUT2D eigenvalue weighted by atomic mass is 10.3. The van der Waals surface area contributed by atoms with Gasteiger partial charge >= 0.3 is 0 Å². The summed E-state index contributed by atoms with van der Waals surface area (Å²) in [5.41, 5.74) is -0.165. The standard InChI is InChI=1S/C6H3Br2NO3/c7-4-1-3(10)2-5(6(4)8)9(11)12/h1-2,10H. The molecule has 0 amide bonds. The minimum absolute atomic E-state index is 0.142. The number of hydrogen-bond acceptors (Lipinski definition) is 3. The first-order valence-corrected chi connectivity index (χ1v) is 4.43. The van der Waals surface area contributed by atoms with Crippen molar-refractivity contribution in [1.82, 2.24) is 0 Å². The molecule has 0 bridgehead atoms. The number of hydrogen-bond donors (Lipinski definition) is 1. The van der Waals surface area contributed by atoms with Crippen LogP contribution in [0.4, 0.5) is 5.69 Å². The number of nitro benzene ring substituents is 1. The minimum atomic E-state index is -0.575. The first-order chi connectivity index (χ1) is 5.52. The van der Waals surface area contributed by atoms with Crippen molar-refractivity contribution in [3.63, 3.8) is 0 Å². The summed E-state index contributed by atoms with van der Waals surface area (Å²) >= 11 is 6.07. The summed E-state index contributed by atoms with van der Waals surface area (Å²) in [6.07, 6.45) is 0. The van der Waals surface area contributed by atoms with Gasteiger partial charge in [0.15, 0.2) is 0 Å². The lowest BCUT2D eigenvalue weighted by Crippen LogP contribution is -1.89. The van der Waals surface area contributed by atoms with Crippen LogP contribution in [0.1, 0.15) is 0 Å². The number of halogens is 2. The Balaban J connectivity index is 3.37. The first-order valence-electron chi connectivity index (χ1n) is 2.85. The van der Waals surface area contributed by atoms with Gasteiger partial charge in [-0.3, -0.25) is 10.1 Å². The summed E-state index contributed by atoms with van der Waals surface area (Å²) in [6, 6.07) is 2.45. The molecule has 4 nitrogen and oxygen atoms in total. The fraction of sp³-hybridized carbons (Fsp3) is 0. The van der Waals surface area contributed by atoms with E-state index in [1.165, 1.54) is 6.07 Å². The fourth-order valence-corrected chi connectivity index (χ4v) is 1.50. The number of nitro groups is 1. The van der Waals surface area contributed by atoms with Gasteiger partial charge in [0.2, 0.25) is 0 Å². The molecule has 1 rings (SSSR count). The van der Waals surface area contributed by atoms with Gasteiger partial charge in [-0.05, 0) is 37.9 Å². The van der Waals surface area contributed by atoms with Crippen molar-refractivity contribution in [3.05, 3.63) is 31.2 Å². The highest BCUT2D eigenvalue weighted by Gasteiger charge is 2.15. The molecule has 0 atom stereocenters. The van der Waals surface area contributed by atoms with Crippen LogP contribution in [0.25, 0.3) is 0 Å². The van der Waals surface area contributed by atoms with E-state index >= 15 is 0 Å². The molecule has 0 saturated heterocycles. The Labute approximate surface area is 84.6 Å². The number of nitrogens with zero attached hydrogens (tertiary/aromatic N) is 1. The van der Waals surface area contributed by atoms with Crippen LogP contribution in [0.2, 0.25) is 0 Å². The molecule has 0 aliphatic carbocycles. The second-order valence-corrected chi connectivity index (χ2v) is 3.67. The van der Waals surface area contributed by atoms with Crippen LogP contribution in [0, 0.1) is 10.1 Å². The van der Waals surface area contributed by atoms with Gasteiger partial charge in [-0.2, -0.15) is 0 Å². The third kappa shape index (κ3) is 1.75. The van der Waals surface area contributed by atoms with Crippen LogP contribution in [-0.2, 0) is 0 Å². The van der Waals surface area contributed by atoms with Gasteiger partial charge in [-0.15, -0.1) is 0 Å². The van der Waals surface area contributed by atoms with Crippen molar-refractivity contribution >= 4 is 37.5 Å². The van der Waals surface area contributed by atoms with Gasteiger partial charge in [-0.1, -0.05) is 0 Å². The maximum Gasteiger partial charge on any atom is 0.288 e. The third-order valence-electron chi connectivity index (χ3n) is 1.19. The quantitative estimate of drug-likeness (QED) is 0.640. The highest BCUT2D eigenvalue weighted by Crippen LogP contribution is 2.35. The predicted octanol–water partition coefficient (Wildman–Crippen LogP) is 2.83. The Hall–Kier alpha value is -0.620. The van der Waals surface area contributed by atoms with Crippen LogP contribution < -0.4 is 0 Å². The Morgan fingerprint density at radius 1 is 1.42 bits per heavy atom. The molecule has 0 heterocycles. The Kier molecular flexibility index (Phi) is 2.69. The smallest absolute Gasteiger partial charge is 0.288 e. The van der Waals surface area contributed by atoms with E-state index in [4.69, 9.17) is 5.11 Å². The van der Waals surface area contributed by atoms with Crippen LogP contribution >= 0.6 is 31.9 Å². The Bertz CT molecular complexity index is 340. The molecule has 0 saturated carbocycles. The van der Waals surface area contributed by atoms with Crippen molar-refractivity contribution in [1.29, 1.82) is 0 Å². The van der Waals surface area contributed by atoms with Crippen molar-refractivity contribution in [2.45, 2.75) is 0 Å². The minimum Gasteiger partial charge on any atom is -0.508 e. The summed E-state index contributed by atoms with van der Waals surface area (Å²) in [7, 11) is 0. The van der Waals surface area contributed by atoms with E-state index in [-0.39, 0.29) is 11.4 Å². The molecule has 1 aromatic carbocycles. The zero-order valence-electron chi connectivity index (χ0n) is 5.62. The van der Waals surface area contributed by atoms with E-state index in [2.05, 4.69) is 31.9 Å². The largest absolute Gasteiger partial charge is 0.508 e. The molecule has 12 heavy (non-hydrogen) atoms. The molecule has 1 aromatic rings. The fourth-order valence-electron chi connectivity index (χ4n) is 0.694. The summed E-state index contributed by atoms with van der Waals surface area (Å²) in [5, 5.41) is 19.4. The average Bonchev–Trinajstić information content (AvgIpc) is 1.96. The van der Waals surface area contributed by atoms with Crippen molar-refractivity contribution < 1.29 is 10.0 Å². The number of phenols is 1. The molecule has 1 N–H and O–H groups in total. The molecule has 0 unspecified atom stereocenters. The maximum absolute atomic E-state index is 10.4. The van der Waals surface area contributed by atoms with Crippen molar-refractivity contribution in [2.75, 3.05) is 0 Å². The van der Waals surface area contributed by atoms with Gasteiger partial charge < -0.3 is 5.11 Å². The molecular weight excluding hydrogens is 294 g/mol. The van der Waals surface area contributed by atoms with Gasteiger partial charge in [0.1, 0.15) is 10.2 Å². The van der Waals surface area contributed by atoms with Crippen LogP contribution in [0.3, 0.4) is 0 Å². The molecular formula is C6H3Br2NO3. The molecule has 0 aliphatic rings. The molecule has 0 radical (unpaired) electrons. The van der Waals surface area contributed by atoms with Crippen LogP contribution in [-0.4, -0.2) is 10.0 Å². The highest BCUT2D eigenvalue weighted by atomic mass is 79.9. The summed E-state index contributed by atoms with van der Waals surface area (Å²) in [6.45, 7) is 0. The van der Waals surface area contributed by atoms with E-state index < -0.39 is 4.92 Å². The van der Waals surface area contributed by atoms with E-state index in [1.54, 1.807) is 0 Å². The topological polar surface area (TPSA) is 63.4 Å². The first kappa shape index (κ1) is 9.47. The number of aromatic hydroxyl groups is 1. The highest BCUT2D eigenvalue weighted by molar-refractivity contribution is 9.13. The van der Waals surface area contributed by atoms with Gasteiger partial charge in [0.25, 0.3) is 5.69 Å². The number of rotatable bonds is 1. The monoisotopic (exact) mass is 295 g/mol. The summed E-state index contributed by atoms with van der Waals surface area (Å²) in [5.74, 6) is -0.142. The van der Waals surface area contributed by atoms with Gasteiger partial charge in [-0.25, -0.2) is 0 Å². The molecule has 6 heteroatoms. The second-order valence-electron chi connectivity index (χ2n) is 2.02. The van der Waals surface area contributed by atoms with E-state index in [9.17, 15) is 10.1 Å². The maximum atomic E-state index is 10.4. The predicted molar refractivity (Wildman–Crippen MR) is 50.2 cm³/mol. The second kappa shape index (κ2) is 3.40.